The predicted molar refractivity (Wildman–Crippen MR) is 135 cm³/mol. The van der Waals surface area contributed by atoms with E-state index in [4.69, 9.17) is 4.74 Å². The summed E-state index contributed by atoms with van der Waals surface area (Å²) in [6.45, 7) is 3.99. The van der Waals surface area contributed by atoms with Crippen molar-refractivity contribution in [1.29, 1.82) is 5.26 Å². The van der Waals surface area contributed by atoms with E-state index in [1.165, 1.54) is 21.6 Å². The van der Waals surface area contributed by atoms with Crippen LogP contribution in [-0.2, 0) is 16.6 Å². The largest absolute Gasteiger partial charge is 0.490 e. The fourth-order valence-corrected chi connectivity index (χ4v) is 6.85. The third-order valence-corrected chi connectivity index (χ3v) is 8.47. The Kier molecular flexibility index (Phi) is 6.06. The van der Waals surface area contributed by atoms with Crippen LogP contribution >= 0.6 is 11.3 Å². The van der Waals surface area contributed by atoms with Gasteiger partial charge in [0.05, 0.1) is 11.7 Å². The van der Waals surface area contributed by atoms with Gasteiger partial charge in [-0.2, -0.15) is 5.26 Å². The normalized spacial score (nSPS) is 21.3. The number of carbonyl (C=O) groups is 1. The molecule has 1 heterocycles. The number of aliphatic hydroxyl groups is 1. The van der Waals surface area contributed by atoms with Gasteiger partial charge < -0.3 is 9.84 Å². The van der Waals surface area contributed by atoms with Crippen molar-refractivity contribution in [2.75, 3.05) is 6.61 Å². The molecule has 174 valence electrons. The minimum atomic E-state index is -0.0592. The van der Waals surface area contributed by atoms with E-state index in [9.17, 15) is 15.2 Å². The number of fused-ring (bicyclic) bond motifs is 2. The highest BCUT2D eigenvalue weighted by Crippen LogP contribution is 2.53. The number of benzene rings is 2. The molecule has 0 saturated heterocycles. The van der Waals surface area contributed by atoms with E-state index in [-0.39, 0.29) is 24.0 Å². The van der Waals surface area contributed by atoms with E-state index in [2.05, 4.69) is 36.4 Å². The average Bonchev–Trinajstić information content (AvgIpc) is 3.52. The third-order valence-electron chi connectivity index (χ3n) is 7.30. The van der Waals surface area contributed by atoms with Crippen LogP contribution < -0.4 is 4.74 Å². The molecule has 5 heteroatoms. The SMILES string of the molecule is CC(C)Oc1ccc(-c2ccc(-c3cccc4c3CC[C@]43CC(=O)C(CCO)C3)s2)cc1C#N. The standard InChI is InChI=1S/C29H29NO3S/c1-18(2)33-26-7-6-19(14-21(26)17-30)27-8-9-28(34-27)23-4-3-5-24-22(23)10-12-29(24)15-20(11-13-31)25(32)16-29/h3-9,14,18,20,31H,10-13,15-16H2,1-2H3/t20?,29-/m0/s1. The Hall–Kier alpha value is -2.94. The highest BCUT2D eigenvalue weighted by Gasteiger charge is 2.49. The monoisotopic (exact) mass is 471 g/mol. The molecule has 1 fully saturated rings. The number of ketones is 1. The Morgan fingerprint density at radius 2 is 2.03 bits per heavy atom. The first-order chi connectivity index (χ1) is 16.4. The molecule has 0 amide bonds. The lowest BCUT2D eigenvalue weighted by Crippen LogP contribution is -2.19. The fourth-order valence-electron chi connectivity index (χ4n) is 5.80. The Balaban J connectivity index is 1.46. The van der Waals surface area contributed by atoms with Crippen molar-refractivity contribution >= 4 is 17.1 Å². The van der Waals surface area contributed by atoms with Crippen molar-refractivity contribution in [3.63, 3.8) is 0 Å². The quantitative estimate of drug-likeness (QED) is 0.459. The van der Waals surface area contributed by atoms with Crippen molar-refractivity contribution in [3.05, 3.63) is 65.2 Å². The number of nitrogens with zero attached hydrogens (tertiary/aromatic N) is 1. The number of nitriles is 1. The molecular formula is C29H29NO3S. The maximum atomic E-state index is 12.6. The zero-order chi connectivity index (χ0) is 23.9. The molecule has 0 aliphatic heterocycles. The lowest BCUT2D eigenvalue weighted by Gasteiger charge is -2.24. The average molecular weight is 472 g/mol. The summed E-state index contributed by atoms with van der Waals surface area (Å²) in [4.78, 5) is 15.0. The van der Waals surface area contributed by atoms with Crippen LogP contribution in [0.25, 0.3) is 20.9 Å². The maximum Gasteiger partial charge on any atom is 0.137 e. The number of Topliss-reactive ketones (excluding diaryl/α,β-unsaturated/α-hetero) is 1. The van der Waals surface area contributed by atoms with Crippen LogP contribution in [0.1, 0.15) is 56.2 Å². The third kappa shape index (κ3) is 3.96. The van der Waals surface area contributed by atoms with Crippen LogP contribution in [0.4, 0.5) is 0 Å². The predicted octanol–water partition coefficient (Wildman–Crippen LogP) is 6.29. The highest BCUT2D eigenvalue weighted by molar-refractivity contribution is 7.18. The summed E-state index contributed by atoms with van der Waals surface area (Å²) < 4.78 is 5.77. The van der Waals surface area contributed by atoms with E-state index >= 15 is 0 Å². The summed E-state index contributed by atoms with van der Waals surface area (Å²) >= 11 is 1.73. The summed E-state index contributed by atoms with van der Waals surface area (Å²) in [5.41, 5.74) is 5.45. The number of rotatable bonds is 6. The van der Waals surface area contributed by atoms with Crippen LogP contribution in [0.3, 0.4) is 0 Å². The maximum absolute atomic E-state index is 12.6. The molecule has 1 N–H and O–H groups in total. The van der Waals surface area contributed by atoms with E-state index in [0.717, 1.165) is 29.7 Å². The summed E-state index contributed by atoms with van der Waals surface area (Å²) in [6.07, 6.45) is 4.05. The van der Waals surface area contributed by atoms with Crippen LogP contribution in [0.5, 0.6) is 5.75 Å². The van der Waals surface area contributed by atoms with Gasteiger partial charge in [-0.15, -0.1) is 11.3 Å². The summed E-state index contributed by atoms with van der Waals surface area (Å²) in [7, 11) is 0. The molecule has 5 rings (SSSR count). The molecule has 3 aromatic rings. The molecule has 1 aromatic heterocycles. The van der Waals surface area contributed by atoms with Crippen molar-refractivity contribution in [1.82, 2.24) is 0 Å². The van der Waals surface area contributed by atoms with Crippen molar-refractivity contribution in [2.45, 2.75) is 57.5 Å². The van der Waals surface area contributed by atoms with Gasteiger partial charge in [0.15, 0.2) is 0 Å². The fraction of sp³-hybridized carbons (Fsp3) is 0.379. The first kappa shape index (κ1) is 22.8. The first-order valence-electron chi connectivity index (χ1n) is 12.0. The van der Waals surface area contributed by atoms with Gasteiger partial charge in [0, 0.05) is 34.1 Å². The van der Waals surface area contributed by atoms with Crippen molar-refractivity contribution < 1.29 is 14.6 Å². The molecule has 34 heavy (non-hydrogen) atoms. The van der Waals surface area contributed by atoms with E-state index in [1.54, 1.807) is 11.3 Å². The lowest BCUT2D eigenvalue weighted by atomic mass is 9.79. The van der Waals surface area contributed by atoms with E-state index < -0.39 is 0 Å². The van der Waals surface area contributed by atoms with Crippen LogP contribution in [0, 0.1) is 17.2 Å². The van der Waals surface area contributed by atoms with Gasteiger partial charge >= 0.3 is 0 Å². The Morgan fingerprint density at radius 3 is 2.79 bits per heavy atom. The number of carbonyl (C=O) groups excluding carboxylic acids is 1. The second kappa shape index (κ2) is 9.02. The topological polar surface area (TPSA) is 70.3 Å². The second-order valence-electron chi connectivity index (χ2n) is 9.82. The minimum absolute atomic E-state index is 0.00933. The first-order valence-corrected chi connectivity index (χ1v) is 12.8. The van der Waals surface area contributed by atoms with Gasteiger partial charge in [-0.3, -0.25) is 4.79 Å². The van der Waals surface area contributed by atoms with Crippen LogP contribution in [0.2, 0.25) is 0 Å². The Labute approximate surface area is 204 Å². The molecule has 2 aliphatic rings. The van der Waals surface area contributed by atoms with Crippen LogP contribution in [0.15, 0.2) is 48.5 Å². The molecule has 1 unspecified atom stereocenters. The van der Waals surface area contributed by atoms with Gasteiger partial charge in [0.25, 0.3) is 0 Å². The molecule has 2 aromatic carbocycles. The van der Waals surface area contributed by atoms with Crippen molar-refractivity contribution in [2.24, 2.45) is 5.92 Å². The smallest absolute Gasteiger partial charge is 0.137 e. The lowest BCUT2D eigenvalue weighted by molar-refractivity contribution is -0.121. The molecular weight excluding hydrogens is 442 g/mol. The summed E-state index contributed by atoms with van der Waals surface area (Å²) in [6, 6.07) is 18.9. The van der Waals surface area contributed by atoms with Gasteiger partial charge in [0.1, 0.15) is 17.6 Å². The minimum Gasteiger partial charge on any atom is -0.490 e. The second-order valence-corrected chi connectivity index (χ2v) is 10.9. The zero-order valence-corrected chi connectivity index (χ0v) is 20.5. The zero-order valence-electron chi connectivity index (χ0n) is 19.6. The van der Waals surface area contributed by atoms with Gasteiger partial charge in [-0.1, -0.05) is 18.2 Å². The Morgan fingerprint density at radius 1 is 1.21 bits per heavy atom. The molecule has 0 bridgehead atoms. The van der Waals surface area contributed by atoms with Gasteiger partial charge in [-0.25, -0.2) is 0 Å². The molecule has 1 spiro atoms. The van der Waals surface area contributed by atoms with E-state index in [1.807, 2.05) is 32.0 Å². The number of hydrogen-bond acceptors (Lipinski definition) is 5. The molecule has 1 saturated carbocycles. The molecule has 4 nitrogen and oxygen atoms in total. The Bertz CT molecular complexity index is 1280. The number of hydrogen-bond donors (Lipinski definition) is 1. The number of thiophene rings is 1. The molecule has 2 aliphatic carbocycles. The van der Waals surface area contributed by atoms with Crippen LogP contribution in [-0.4, -0.2) is 23.6 Å². The van der Waals surface area contributed by atoms with Gasteiger partial charge in [-0.05, 0) is 92.1 Å². The highest BCUT2D eigenvalue weighted by atomic mass is 32.1. The number of aliphatic hydroxyl groups excluding tert-OH is 1. The van der Waals surface area contributed by atoms with Crippen molar-refractivity contribution in [3.8, 4) is 32.7 Å². The molecule has 0 radical (unpaired) electrons. The number of ether oxygens (including phenoxy) is 1. The van der Waals surface area contributed by atoms with Gasteiger partial charge in [0.2, 0.25) is 0 Å². The molecule has 2 atom stereocenters. The summed E-state index contributed by atoms with van der Waals surface area (Å²) in [5, 5.41) is 19.0. The van der Waals surface area contributed by atoms with E-state index in [0.29, 0.717) is 29.9 Å². The summed E-state index contributed by atoms with van der Waals surface area (Å²) in [5.74, 6) is 0.920.